The van der Waals surface area contributed by atoms with Gasteiger partial charge in [-0.25, -0.2) is 17.7 Å². The van der Waals surface area contributed by atoms with Gasteiger partial charge in [0.15, 0.2) is 5.82 Å². The van der Waals surface area contributed by atoms with Crippen LogP contribution in [0.15, 0.2) is 72.9 Å². The summed E-state index contributed by atoms with van der Waals surface area (Å²) in [7, 11) is 1.46. The highest BCUT2D eigenvalue weighted by atomic mass is 19.1. The second-order valence-corrected chi connectivity index (χ2v) is 10.7. The van der Waals surface area contributed by atoms with Crippen molar-refractivity contribution in [3.05, 3.63) is 124 Å². The van der Waals surface area contributed by atoms with E-state index in [1.54, 1.807) is 30.3 Å². The fourth-order valence-corrected chi connectivity index (χ4v) is 5.47. The Bertz CT molecular complexity index is 1910. The molecule has 0 atom stereocenters. The molecule has 0 unspecified atom stereocenters. The van der Waals surface area contributed by atoms with Crippen LogP contribution in [0.4, 0.5) is 13.2 Å². The van der Waals surface area contributed by atoms with Crippen molar-refractivity contribution in [3.63, 3.8) is 0 Å². The van der Waals surface area contributed by atoms with Crippen LogP contribution >= 0.6 is 0 Å². The lowest BCUT2D eigenvalue weighted by atomic mass is 9.96. The number of hydrogen-bond acceptors (Lipinski definition) is 4. The van der Waals surface area contributed by atoms with Gasteiger partial charge in [0.1, 0.15) is 28.6 Å². The van der Waals surface area contributed by atoms with Crippen molar-refractivity contribution in [2.45, 2.75) is 31.7 Å². The molecular formula is C33H27F3N4O3. The Morgan fingerprint density at radius 1 is 1.00 bits per heavy atom. The molecule has 2 amide bonds. The minimum atomic E-state index is -0.878. The molecule has 0 spiro atoms. The average molecular weight is 585 g/mol. The summed E-state index contributed by atoms with van der Waals surface area (Å²) in [6, 6.07) is 16.4. The van der Waals surface area contributed by atoms with Crippen LogP contribution in [0, 0.1) is 24.4 Å². The molecule has 0 aliphatic heterocycles. The largest absolute Gasteiger partial charge is 0.496 e. The summed E-state index contributed by atoms with van der Waals surface area (Å²) in [5.41, 5.74) is 7.94. The Hall–Kier alpha value is -5.12. The first-order valence-corrected chi connectivity index (χ1v) is 13.6. The Morgan fingerprint density at radius 2 is 1.74 bits per heavy atom. The van der Waals surface area contributed by atoms with Crippen molar-refractivity contribution < 1.29 is 27.5 Å². The topological polar surface area (TPSA) is 98.7 Å². The molecule has 2 heterocycles. The summed E-state index contributed by atoms with van der Waals surface area (Å²) in [6.45, 7) is 1.82. The predicted octanol–water partition coefficient (Wildman–Crippen LogP) is 5.84. The average Bonchev–Trinajstić information content (AvgIpc) is 3.65. The molecule has 1 fully saturated rings. The molecule has 3 N–H and O–H groups in total. The van der Waals surface area contributed by atoms with E-state index < -0.39 is 29.0 Å². The third-order valence-corrected chi connectivity index (χ3v) is 7.94. The van der Waals surface area contributed by atoms with Crippen LogP contribution < -0.4 is 15.8 Å². The number of aromatic nitrogens is 2. The predicted molar refractivity (Wildman–Crippen MR) is 154 cm³/mol. The Labute approximate surface area is 245 Å². The molecule has 43 heavy (non-hydrogen) atoms. The van der Waals surface area contributed by atoms with Crippen molar-refractivity contribution >= 4 is 17.3 Å². The molecule has 1 aliphatic carbocycles. The number of nitrogens with zero attached hydrogens (tertiary/aromatic N) is 2. The van der Waals surface area contributed by atoms with Gasteiger partial charge in [-0.15, -0.1) is 0 Å². The van der Waals surface area contributed by atoms with Crippen molar-refractivity contribution in [3.8, 4) is 17.0 Å². The zero-order chi connectivity index (χ0) is 30.5. The minimum absolute atomic E-state index is 0.0861. The van der Waals surface area contributed by atoms with E-state index in [0.717, 1.165) is 5.56 Å². The number of primary amides is 1. The van der Waals surface area contributed by atoms with Gasteiger partial charge in [-0.05, 0) is 96.6 Å². The molecule has 7 nitrogen and oxygen atoms in total. The second-order valence-electron chi connectivity index (χ2n) is 10.7. The van der Waals surface area contributed by atoms with Crippen LogP contribution in [0.5, 0.6) is 5.75 Å². The van der Waals surface area contributed by atoms with Crippen LogP contribution in [0.1, 0.15) is 55.8 Å². The molecule has 0 bridgehead atoms. The van der Waals surface area contributed by atoms with Crippen molar-refractivity contribution in [1.29, 1.82) is 0 Å². The number of methoxy groups -OCH3 is 1. The van der Waals surface area contributed by atoms with E-state index >= 15 is 4.39 Å². The number of carbonyl (C=O) groups is 2. The third kappa shape index (κ3) is 5.09. The fraction of sp³-hybridized carbons (Fsp3) is 0.182. The van der Waals surface area contributed by atoms with Crippen LogP contribution in [0.2, 0.25) is 0 Å². The number of carbonyl (C=O) groups excluding carboxylic acids is 2. The molecule has 0 saturated heterocycles. The third-order valence-electron chi connectivity index (χ3n) is 7.94. The fourth-order valence-electron chi connectivity index (χ4n) is 5.47. The quantitative estimate of drug-likeness (QED) is 0.239. The van der Waals surface area contributed by atoms with E-state index in [0.29, 0.717) is 35.3 Å². The summed E-state index contributed by atoms with van der Waals surface area (Å²) in [5, 5.41) is 7.39. The molecule has 10 heteroatoms. The summed E-state index contributed by atoms with van der Waals surface area (Å²) in [5.74, 6) is -2.47. The Balaban J connectivity index is 1.36. The van der Waals surface area contributed by atoms with Gasteiger partial charge in [-0.2, -0.15) is 5.10 Å². The summed E-state index contributed by atoms with van der Waals surface area (Å²) >= 11 is 0. The van der Waals surface area contributed by atoms with Crippen LogP contribution in [0.3, 0.4) is 0 Å². The number of ether oxygens (including phenoxy) is 1. The monoisotopic (exact) mass is 584 g/mol. The van der Waals surface area contributed by atoms with E-state index in [1.165, 1.54) is 54.2 Å². The maximum Gasteiger partial charge on any atom is 0.255 e. The number of pyridine rings is 1. The first-order chi connectivity index (χ1) is 20.6. The van der Waals surface area contributed by atoms with E-state index in [9.17, 15) is 18.4 Å². The van der Waals surface area contributed by atoms with Gasteiger partial charge >= 0.3 is 0 Å². The van der Waals surface area contributed by atoms with Crippen molar-refractivity contribution in [2.75, 3.05) is 7.11 Å². The highest BCUT2D eigenvalue weighted by Gasteiger charge is 2.46. The maximum absolute atomic E-state index is 16.1. The summed E-state index contributed by atoms with van der Waals surface area (Å²) in [4.78, 5) is 26.0. The Kier molecular flexibility index (Phi) is 6.92. The number of aryl methyl sites for hydroxylation is 1. The molecular weight excluding hydrogens is 557 g/mol. The number of nitrogens with one attached hydrogen (secondary N) is 1. The van der Waals surface area contributed by atoms with Crippen LogP contribution in [-0.4, -0.2) is 28.5 Å². The lowest BCUT2D eigenvalue weighted by Gasteiger charge is -2.20. The van der Waals surface area contributed by atoms with Gasteiger partial charge in [0, 0.05) is 18.2 Å². The zero-order valence-electron chi connectivity index (χ0n) is 23.4. The molecule has 0 radical (unpaired) electrons. The molecule has 1 aliphatic rings. The van der Waals surface area contributed by atoms with Gasteiger partial charge in [0.25, 0.3) is 11.8 Å². The summed E-state index contributed by atoms with van der Waals surface area (Å²) < 4.78 is 50.2. The molecule has 6 rings (SSSR count). The van der Waals surface area contributed by atoms with Crippen molar-refractivity contribution in [1.82, 2.24) is 14.9 Å². The van der Waals surface area contributed by atoms with E-state index in [1.807, 2.05) is 6.92 Å². The maximum atomic E-state index is 16.1. The first kappa shape index (κ1) is 28.0. The van der Waals surface area contributed by atoms with E-state index in [4.69, 9.17) is 10.5 Å². The van der Waals surface area contributed by atoms with Crippen LogP contribution in [0.25, 0.3) is 16.8 Å². The number of fused-ring (bicyclic) bond motifs is 1. The van der Waals surface area contributed by atoms with E-state index in [-0.39, 0.29) is 40.1 Å². The highest BCUT2D eigenvalue weighted by Crippen LogP contribution is 2.46. The number of halogens is 3. The van der Waals surface area contributed by atoms with Gasteiger partial charge in [0.2, 0.25) is 0 Å². The second kappa shape index (κ2) is 10.6. The SMILES string of the molecule is COc1cc(C)c(Cc2ccn3nc(-c4ccc(F)cc4)c(C(N)=O)c3c2F)cc1C(=O)NC1(c2cccc(F)c2)CC1. The smallest absolute Gasteiger partial charge is 0.255 e. The first-order valence-electron chi connectivity index (χ1n) is 13.6. The number of nitrogens with two attached hydrogens (primary N) is 1. The molecule has 3 aromatic carbocycles. The lowest BCUT2D eigenvalue weighted by Crippen LogP contribution is -2.35. The summed E-state index contributed by atoms with van der Waals surface area (Å²) in [6.07, 6.45) is 2.95. The lowest BCUT2D eigenvalue weighted by molar-refractivity contribution is 0.0926. The minimum Gasteiger partial charge on any atom is -0.496 e. The van der Waals surface area contributed by atoms with E-state index in [2.05, 4.69) is 10.4 Å². The van der Waals surface area contributed by atoms with Gasteiger partial charge in [0.05, 0.1) is 23.8 Å². The highest BCUT2D eigenvalue weighted by molar-refractivity contribution is 6.05. The number of benzene rings is 3. The van der Waals surface area contributed by atoms with Gasteiger partial charge < -0.3 is 15.8 Å². The standard InChI is InChI=1S/C33H27F3N4O3/c1-18-14-26(43-2)25(32(42)38-33(11-12-33)22-4-3-5-24(35)17-22)16-21(18)15-20-10-13-40-30(28(20)36)27(31(37)41)29(39-40)19-6-8-23(34)9-7-19/h3-10,13-14,16-17H,11-12,15H2,1-2H3,(H2,37,41)(H,38,42). The zero-order valence-corrected chi connectivity index (χ0v) is 23.4. The molecule has 2 aromatic heterocycles. The Morgan fingerprint density at radius 3 is 2.40 bits per heavy atom. The van der Waals surface area contributed by atoms with Crippen LogP contribution in [-0.2, 0) is 12.0 Å². The number of rotatable bonds is 8. The number of hydrogen-bond donors (Lipinski definition) is 2. The molecule has 218 valence electrons. The normalized spacial score (nSPS) is 13.6. The number of amides is 2. The van der Waals surface area contributed by atoms with Gasteiger partial charge in [-0.3, -0.25) is 9.59 Å². The molecule has 1 saturated carbocycles. The molecule has 5 aromatic rings. The van der Waals surface area contributed by atoms with Crippen molar-refractivity contribution in [2.24, 2.45) is 5.73 Å². The van der Waals surface area contributed by atoms with Gasteiger partial charge in [-0.1, -0.05) is 12.1 Å².